The van der Waals surface area contributed by atoms with E-state index in [-0.39, 0.29) is 11.8 Å². The van der Waals surface area contributed by atoms with Crippen LogP contribution in [0, 0.1) is 5.92 Å². The average molecular weight is 567 g/mol. The summed E-state index contributed by atoms with van der Waals surface area (Å²) in [4.78, 5) is 4.90. The first-order chi connectivity index (χ1) is 21.9. The van der Waals surface area contributed by atoms with Gasteiger partial charge in [0.1, 0.15) is 0 Å². The number of hydrogen-bond acceptors (Lipinski definition) is 2. The Morgan fingerprint density at radius 1 is 0.545 bits per heavy atom. The smallest absolute Gasteiger partial charge is 0.0543 e. The van der Waals surface area contributed by atoms with Crippen molar-refractivity contribution >= 4 is 39.6 Å². The molecule has 2 nitrogen and oxygen atoms in total. The molecule has 0 aliphatic heterocycles. The van der Waals surface area contributed by atoms with Crippen molar-refractivity contribution in [2.45, 2.75) is 18.8 Å². The number of allylic oxidation sites excluding steroid dienone is 7. The zero-order chi connectivity index (χ0) is 29.3. The normalized spacial score (nSPS) is 18.3. The van der Waals surface area contributed by atoms with Crippen LogP contribution in [0.5, 0.6) is 0 Å². The van der Waals surface area contributed by atoms with Gasteiger partial charge in [-0.2, -0.15) is 0 Å². The van der Waals surface area contributed by atoms with Gasteiger partial charge in [0.2, 0.25) is 0 Å². The topological polar surface area (TPSA) is 6.48 Å². The molecule has 2 unspecified atom stereocenters. The van der Waals surface area contributed by atoms with Gasteiger partial charge < -0.3 is 9.80 Å². The van der Waals surface area contributed by atoms with Gasteiger partial charge in [0, 0.05) is 45.7 Å². The van der Waals surface area contributed by atoms with Crippen molar-refractivity contribution in [3.05, 3.63) is 186 Å². The summed E-state index contributed by atoms with van der Waals surface area (Å²) in [6.45, 7) is 0. The van der Waals surface area contributed by atoms with Crippen LogP contribution in [-0.4, -0.2) is 0 Å². The lowest BCUT2D eigenvalue weighted by Crippen LogP contribution is -2.29. The summed E-state index contributed by atoms with van der Waals surface area (Å²) in [6.07, 6.45) is 20.8. The molecule has 0 heterocycles. The second-order valence-corrected chi connectivity index (χ2v) is 11.6. The van der Waals surface area contributed by atoms with Crippen LogP contribution < -0.4 is 9.80 Å². The summed E-state index contributed by atoms with van der Waals surface area (Å²) in [7, 11) is 0. The highest BCUT2D eigenvalue weighted by molar-refractivity contribution is 6.04. The molecule has 0 amide bonds. The minimum absolute atomic E-state index is 0.195. The van der Waals surface area contributed by atoms with Gasteiger partial charge in [0.15, 0.2) is 0 Å². The zero-order valence-electron chi connectivity index (χ0n) is 24.6. The van der Waals surface area contributed by atoms with E-state index in [1.54, 1.807) is 0 Å². The number of benzene rings is 5. The molecular formula is C42H34N2. The number of fused-ring (bicyclic) bond motifs is 5. The molecule has 44 heavy (non-hydrogen) atoms. The van der Waals surface area contributed by atoms with Crippen molar-refractivity contribution in [3.63, 3.8) is 0 Å². The highest BCUT2D eigenvalue weighted by Crippen LogP contribution is 2.50. The average Bonchev–Trinajstić information content (AvgIpc) is 3.11. The van der Waals surface area contributed by atoms with Crippen molar-refractivity contribution in [2.75, 3.05) is 9.80 Å². The number of nitrogens with zero attached hydrogens (tertiary/aromatic N) is 2. The van der Waals surface area contributed by atoms with Gasteiger partial charge in [-0.15, -0.1) is 0 Å². The standard InChI is InChI=1S/C42H34N2/c1-5-17-31(18-6-1)43(32-19-7-2-8-20-32)41-29-39-36-26-14-16-28-38(36)42(30-40(39)35-25-13-15-27-37(35)41)44(33-21-9-3-10-22-33)34-23-11-4-12-24-34/h1-3,5-11,13-30,35,37H,4,12H2. The lowest BCUT2D eigenvalue weighted by atomic mass is 9.73. The SMILES string of the molecule is C1=CC2C(N(c3ccccc3)c3ccccc3)=Cc3c(cc(N(C4=CCCC=C4)c4ccccc4)c4ccccc34)C2C=C1. The van der Waals surface area contributed by atoms with Crippen LogP contribution in [0.2, 0.25) is 0 Å². The molecule has 0 spiro atoms. The Morgan fingerprint density at radius 3 is 1.73 bits per heavy atom. The Balaban J connectivity index is 1.39. The van der Waals surface area contributed by atoms with Crippen molar-refractivity contribution in [1.29, 1.82) is 0 Å². The molecule has 0 N–H and O–H groups in total. The quantitative estimate of drug-likeness (QED) is 0.202. The van der Waals surface area contributed by atoms with E-state index in [2.05, 4.69) is 180 Å². The van der Waals surface area contributed by atoms with Crippen LogP contribution in [0.25, 0.3) is 16.8 Å². The maximum atomic E-state index is 2.47. The molecule has 212 valence electrons. The predicted octanol–water partition coefficient (Wildman–Crippen LogP) is 11.2. The van der Waals surface area contributed by atoms with E-state index in [1.807, 2.05) is 0 Å². The highest BCUT2D eigenvalue weighted by Gasteiger charge is 2.35. The molecular weight excluding hydrogens is 532 g/mol. The lowest BCUT2D eigenvalue weighted by Gasteiger charge is -2.40. The zero-order valence-corrected chi connectivity index (χ0v) is 24.6. The van der Waals surface area contributed by atoms with E-state index >= 15 is 0 Å². The van der Waals surface area contributed by atoms with Crippen LogP contribution in [0.1, 0.15) is 29.9 Å². The Labute approximate surface area is 259 Å². The van der Waals surface area contributed by atoms with Gasteiger partial charge in [-0.05, 0) is 84.0 Å². The van der Waals surface area contributed by atoms with Crippen molar-refractivity contribution in [1.82, 2.24) is 0 Å². The van der Waals surface area contributed by atoms with Crippen molar-refractivity contribution in [3.8, 4) is 0 Å². The lowest BCUT2D eigenvalue weighted by molar-refractivity contribution is 0.644. The third kappa shape index (κ3) is 4.60. The molecule has 0 aromatic heterocycles. The molecule has 2 atom stereocenters. The van der Waals surface area contributed by atoms with Crippen molar-refractivity contribution in [2.24, 2.45) is 5.92 Å². The molecule has 3 aliphatic rings. The number of para-hydroxylation sites is 3. The first-order valence-corrected chi connectivity index (χ1v) is 15.6. The van der Waals surface area contributed by atoms with Gasteiger partial charge in [0.25, 0.3) is 0 Å². The first kappa shape index (κ1) is 26.3. The maximum absolute atomic E-state index is 2.47. The van der Waals surface area contributed by atoms with E-state index in [1.165, 1.54) is 56.0 Å². The van der Waals surface area contributed by atoms with E-state index in [0.29, 0.717) is 0 Å². The summed E-state index contributed by atoms with van der Waals surface area (Å²) < 4.78 is 0. The fraction of sp³-hybridized carbons (Fsp3) is 0.0952. The molecule has 0 bridgehead atoms. The fourth-order valence-electron chi connectivity index (χ4n) is 7.04. The van der Waals surface area contributed by atoms with Crippen LogP contribution >= 0.6 is 0 Å². The molecule has 5 aromatic carbocycles. The van der Waals surface area contributed by atoms with Gasteiger partial charge in [-0.1, -0.05) is 115 Å². The molecule has 2 heteroatoms. The fourth-order valence-corrected chi connectivity index (χ4v) is 7.04. The van der Waals surface area contributed by atoms with Gasteiger partial charge in [-0.3, -0.25) is 0 Å². The summed E-state index contributed by atoms with van der Waals surface area (Å²) in [5.41, 5.74) is 9.94. The van der Waals surface area contributed by atoms with Crippen LogP contribution in [0.3, 0.4) is 0 Å². The van der Waals surface area contributed by atoms with E-state index in [4.69, 9.17) is 0 Å². The van der Waals surface area contributed by atoms with Crippen LogP contribution in [0.4, 0.5) is 22.7 Å². The minimum atomic E-state index is 0.195. The summed E-state index contributed by atoms with van der Waals surface area (Å²) in [5, 5.41) is 2.53. The molecule has 8 rings (SSSR count). The van der Waals surface area contributed by atoms with Gasteiger partial charge in [-0.25, -0.2) is 0 Å². The highest BCUT2D eigenvalue weighted by atomic mass is 15.2. The number of rotatable bonds is 6. The number of anilines is 4. The summed E-state index contributed by atoms with van der Waals surface area (Å²) >= 11 is 0. The second-order valence-electron chi connectivity index (χ2n) is 11.6. The third-order valence-electron chi connectivity index (χ3n) is 9.00. The molecule has 0 saturated heterocycles. The predicted molar refractivity (Wildman–Crippen MR) is 186 cm³/mol. The Morgan fingerprint density at radius 2 is 1.11 bits per heavy atom. The maximum Gasteiger partial charge on any atom is 0.0543 e. The van der Waals surface area contributed by atoms with E-state index < -0.39 is 0 Å². The Hall–Kier alpha value is -5.34. The largest absolute Gasteiger partial charge is 0.314 e. The third-order valence-corrected chi connectivity index (χ3v) is 9.00. The van der Waals surface area contributed by atoms with Gasteiger partial charge >= 0.3 is 0 Å². The van der Waals surface area contributed by atoms with E-state index in [9.17, 15) is 0 Å². The van der Waals surface area contributed by atoms with Crippen LogP contribution in [-0.2, 0) is 0 Å². The first-order valence-electron chi connectivity index (χ1n) is 15.6. The van der Waals surface area contributed by atoms with Crippen molar-refractivity contribution < 1.29 is 0 Å². The van der Waals surface area contributed by atoms with E-state index in [0.717, 1.165) is 12.8 Å². The Kier molecular flexibility index (Phi) is 6.81. The molecule has 0 saturated carbocycles. The molecule has 5 aromatic rings. The molecule has 3 aliphatic carbocycles. The number of hydrogen-bond donors (Lipinski definition) is 0. The monoisotopic (exact) mass is 566 g/mol. The minimum Gasteiger partial charge on any atom is -0.314 e. The van der Waals surface area contributed by atoms with Crippen LogP contribution in [0.15, 0.2) is 175 Å². The van der Waals surface area contributed by atoms with Gasteiger partial charge in [0.05, 0.1) is 5.69 Å². The second kappa shape index (κ2) is 11.4. The summed E-state index contributed by atoms with van der Waals surface area (Å²) in [5.74, 6) is 0.405. The molecule has 0 fully saturated rings. The summed E-state index contributed by atoms with van der Waals surface area (Å²) in [6, 6.07) is 43.8. The Bertz CT molecular complexity index is 1920. The molecule has 0 radical (unpaired) electrons.